The molecule has 5 nitrogen and oxygen atoms in total. The molecule has 15 heavy (non-hydrogen) atoms. The standard InChI is InChI=1S/C10H17NO4/c1-7-3-8(10(13)14)5-11(4-7)9(12)6-15-2/h7-8H,3-6H2,1-2H3,(H,13,14). The fourth-order valence-electron chi connectivity index (χ4n) is 1.95. The number of aliphatic carboxylic acids is 1. The van der Waals surface area contributed by atoms with Crippen molar-refractivity contribution < 1.29 is 19.4 Å². The number of nitrogens with zero attached hydrogens (tertiary/aromatic N) is 1. The zero-order valence-corrected chi connectivity index (χ0v) is 9.10. The number of ether oxygens (including phenoxy) is 1. The van der Waals surface area contributed by atoms with Gasteiger partial charge < -0.3 is 14.7 Å². The highest BCUT2D eigenvalue weighted by atomic mass is 16.5. The number of piperidine rings is 1. The molecular formula is C10H17NO4. The van der Waals surface area contributed by atoms with Gasteiger partial charge in [0.1, 0.15) is 6.61 Å². The molecule has 1 amide bonds. The number of hydrogen-bond acceptors (Lipinski definition) is 3. The molecule has 0 radical (unpaired) electrons. The highest BCUT2D eigenvalue weighted by Gasteiger charge is 2.31. The molecule has 1 rings (SSSR count). The highest BCUT2D eigenvalue weighted by molar-refractivity contribution is 5.79. The summed E-state index contributed by atoms with van der Waals surface area (Å²) in [6.07, 6.45) is 0.645. The van der Waals surface area contributed by atoms with Crippen LogP contribution in [0.5, 0.6) is 0 Å². The van der Waals surface area contributed by atoms with Gasteiger partial charge in [-0.05, 0) is 12.3 Å². The average Bonchev–Trinajstić information content (AvgIpc) is 2.17. The van der Waals surface area contributed by atoms with E-state index >= 15 is 0 Å². The van der Waals surface area contributed by atoms with Gasteiger partial charge in [0.15, 0.2) is 0 Å². The third-order valence-electron chi connectivity index (χ3n) is 2.63. The van der Waals surface area contributed by atoms with Crippen LogP contribution in [0.3, 0.4) is 0 Å². The summed E-state index contributed by atoms with van der Waals surface area (Å²) in [6.45, 7) is 2.93. The summed E-state index contributed by atoms with van der Waals surface area (Å²) in [6, 6.07) is 0. The van der Waals surface area contributed by atoms with E-state index in [0.29, 0.717) is 19.5 Å². The third kappa shape index (κ3) is 3.20. The van der Waals surface area contributed by atoms with Crippen LogP contribution in [0.4, 0.5) is 0 Å². The molecule has 0 spiro atoms. The quantitative estimate of drug-likeness (QED) is 0.730. The van der Waals surface area contributed by atoms with Crippen LogP contribution in [-0.2, 0) is 14.3 Å². The van der Waals surface area contributed by atoms with Gasteiger partial charge in [-0.25, -0.2) is 0 Å². The van der Waals surface area contributed by atoms with E-state index in [1.54, 1.807) is 4.90 Å². The van der Waals surface area contributed by atoms with E-state index in [4.69, 9.17) is 9.84 Å². The first-order valence-corrected chi connectivity index (χ1v) is 5.04. The smallest absolute Gasteiger partial charge is 0.308 e. The maximum absolute atomic E-state index is 11.5. The average molecular weight is 215 g/mol. The van der Waals surface area contributed by atoms with Crippen LogP contribution >= 0.6 is 0 Å². The van der Waals surface area contributed by atoms with Crippen molar-refractivity contribution in [3.8, 4) is 0 Å². The first-order chi connectivity index (χ1) is 7.04. The fourth-order valence-corrected chi connectivity index (χ4v) is 1.95. The Labute approximate surface area is 89.0 Å². The molecule has 1 heterocycles. The second-order valence-electron chi connectivity index (χ2n) is 4.11. The van der Waals surface area contributed by atoms with E-state index in [-0.39, 0.29) is 18.4 Å². The van der Waals surface area contributed by atoms with Gasteiger partial charge in [-0.1, -0.05) is 6.92 Å². The Morgan fingerprint density at radius 1 is 1.47 bits per heavy atom. The Kier molecular flexibility index (Phi) is 4.08. The van der Waals surface area contributed by atoms with E-state index in [2.05, 4.69) is 0 Å². The van der Waals surface area contributed by atoms with Gasteiger partial charge in [0, 0.05) is 20.2 Å². The molecule has 86 valence electrons. The van der Waals surface area contributed by atoms with Crippen LogP contribution in [0.15, 0.2) is 0 Å². The molecule has 0 bridgehead atoms. The second-order valence-corrected chi connectivity index (χ2v) is 4.11. The molecule has 1 aliphatic rings. The van der Waals surface area contributed by atoms with Gasteiger partial charge in [-0.15, -0.1) is 0 Å². The zero-order valence-electron chi connectivity index (χ0n) is 9.10. The minimum atomic E-state index is -0.822. The van der Waals surface area contributed by atoms with Crippen molar-refractivity contribution in [2.24, 2.45) is 11.8 Å². The van der Waals surface area contributed by atoms with Crippen molar-refractivity contribution in [2.75, 3.05) is 26.8 Å². The van der Waals surface area contributed by atoms with Gasteiger partial charge >= 0.3 is 5.97 Å². The maximum atomic E-state index is 11.5. The first kappa shape index (κ1) is 12.0. The molecule has 0 aliphatic carbocycles. The number of carbonyl (C=O) groups excluding carboxylic acids is 1. The molecule has 0 aromatic heterocycles. The third-order valence-corrected chi connectivity index (χ3v) is 2.63. The zero-order chi connectivity index (χ0) is 11.4. The largest absolute Gasteiger partial charge is 0.481 e. The van der Waals surface area contributed by atoms with E-state index in [0.717, 1.165) is 0 Å². The number of hydrogen-bond donors (Lipinski definition) is 1. The molecular weight excluding hydrogens is 198 g/mol. The van der Waals surface area contributed by atoms with Crippen molar-refractivity contribution in [2.45, 2.75) is 13.3 Å². The minimum Gasteiger partial charge on any atom is -0.481 e. The Balaban J connectivity index is 2.58. The molecule has 1 N–H and O–H groups in total. The lowest BCUT2D eigenvalue weighted by Crippen LogP contribution is -2.46. The Morgan fingerprint density at radius 3 is 2.67 bits per heavy atom. The van der Waals surface area contributed by atoms with Gasteiger partial charge in [-0.2, -0.15) is 0 Å². The lowest BCUT2D eigenvalue weighted by atomic mass is 9.90. The van der Waals surface area contributed by atoms with Crippen molar-refractivity contribution in [1.29, 1.82) is 0 Å². The number of likely N-dealkylation sites (tertiary alicyclic amines) is 1. The SMILES string of the molecule is COCC(=O)N1CC(C)CC(C(=O)O)C1. The molecule has 2 atom stereocenters. The number of carboxylic acid groups (broad SMARTS) is 1. The topological polar surface area (TPSA) is 66.8 Å². The lowest BCUT2D eigenvalue weighted by Gasteiger charge is -2.34. The van der Waals surface area contributed by atoms with Crippen LogP contribution < -0.4 is 0 Å². The van der Waals surface area contributed by atoms with E-state index < -0.39 is 11.9 Å². The van der Waals surface area contributed by atoms with Gasteiger partial charge in [0.25, 0.3) is 0 Å². The highest BCUT2D eigenvalue weighted by Crippen LogP contribution is 2.21. The predicted octanol–water partition coefficient (Wildman–Crippen LogP) is 0.202. The molecule has 2 unspecified atom stereocenters. The number of carbonyl (C=O) groups is 2. The summed E-state index contributed by atoms with van der Waals surface area (Å²) in [4.78, 5) is 24.0. The number of carboxylic acids is 1. The summed E-state index contributed by atoms with van der Waals surface area (Å²) in [7, 11) is 1.46. The molecule has 0 saturated carbocycles. The van der Waals surface area contributed by atoms with Crippen LogP contribution in [-0.4, -0.2) is 48.7 Å². The van der Waals surface area contributed by atoms with Gasteiger partial charge in [0.2, 0.25) is 5.91 Å². The summed E-state index contributed by atoms with van der Waals surface area (Å²) in [5.41, 5.74) is 0. The summed E-state index contributed by atoms with van der Waals surface area (Å²) in [5.74, 6) is -1.15. The second kappa shape index (κ2) is 5.11. The monoisotopic (exact) mass is 215 g/mol. The fraction of sp³-hybridized carbons (Fsp3) is 0.800. The molecule has 1 fully saturated rings. The summed E-state index contributed by atoms with van der Waals surface area (Å²) < 4.78 is 4.75. The molecule has 1 aliphatic heterocycles. The van der Waals surface area contributed by atoms with Crippen LogP contribution in [0.2, 0.25) is 0 Å². The first-order valence-electron chi connectivity index (χ1n) is 5.04. The molecule has 0 aromatic rings. The van der Waals surface area contributed by atoms with Crippen molar-refractivity contribution >= 4 is 11.9 Å². The van der Waals surface area contributed by atoms with Crippen molar-refractivity contribution in [3.63, 3.8) is 0 Å². The van der Waals surface area contributed by atoms with E-state index in [1.807, 2.05) is 6.92 Å². The molecule has 0 aromatic carbocycles. The molecule has 1 saturated heterocycles. The van der Waals surface area contributed by atoms with Crippen molar-refractivity contribution in [1.82, 2.24) is 4.90 Å². The molecule has 5 heteroatoms. The maximum Gasteiger partial charge on any atom is 0.308 e. The van der Waals surface area contributed by atoms with Gasteiger partial charge in [-0.3, -0.25) is 9.59 Å². The normalized spacial score (nSPS) is 26.4. The van der Waals surface area contributed by atoms with Crippen LogP contribution in [0, 0.1) is 11.8 Å². The Hall–Kier alpha value is -1.10. The Morgan fingerprint density at radius 2 is 2.13 bits per heavy atom. The summed E-state index contributed by atoms with van der Waals surface area (Å²) >= 11 is 0. The lowest BCUT2D eigenvalue weighted by molar-refractivity contribution is -0.148. The number of amides is 1. The summed E-state index contributed by atoms with van der Waals surface area (Å²) in [5, 5.41) is 8.92. The van der Waals surface area contributed by atoms with Crippen LogP contribution in [0.25, 0.3) is 0 Å². The van der Waals surface area contributed by atoms with E-state index in [9.17, 15) is 9.59 Å². The number of methoxy groups -OCH3 is 1. The van der Waals surface area contributed by atoms with E-state index in [1.165, 1.54) is 7.11 Å². The van der Waals surface area contributed by atoms with Crippen LogP contribution in [0.1, 0.15) is 13.3 Å². The number of rotatable bonds is 3. The van der Waals surface area contributed by atoms with Gasteiger partial charge in [0.05, 0.1) is 5.92 Å². The Bertz CT molecular complexity index is 254. The van der Waals surface area contributed by atoms with Crippen molar-refractivity contribution in [3.05, 3.63) is 0 Å². The predicted molar refractivity (Wildman–Crippen MR) is 53.4 cm³/mol. The minimum absolute atomic E-state index is 0.0268.